The number of sulfonamides is 1. The molecule has 0 radical (unpaired) electrons. The highest BCUT2D eigenvalue weighted by molar-refractivity contribution is 7.89. The van der Waals surface area contributed by atoms with Gasteiger partial charge in [0.1, 0.15) is 6.10 Å². The number of aryl methyl sites for hydroxylation is 1. The molecule has 3 rings (SSSR count). The van der Waals surface area contributed by atoms with Gasteiger partial charge in [0, 0.05) is 18.3 Å². The van der Waals surface area contributed by atoms with E-state index in [0.29, 0.717) is 37.6 Å². The van der Waals surface area contributed by atoms with Gasteiger partial charge in [0.25, 0.3) is 0 Å². The first kappa shape index (κ1) is 18.7. The highest BCUT2D eigenvalue weighted by Crippen LogP contribution is 2.24. The van der Waals surface area contributed by atoms with Crippen molar-refractivity contribution in [3.05, 3.63) is 53.7 Å². The summed E-state index contributed by atoms with van der Waals surface area (Å²) < 4.78 is 59.3. The monoisotopic (exact) mass is 382 g/mol. The normalized spacial score (nSPS) is 20.7. The SMILES string of the molecule is Cc1ccc(OC2CCC(NS(=O)(=O)c3ccc(F)c(F)c3)CC2)nc1. The zero-order chi connectivity index (χ0) is 18.7. The lowest BCUT2D eigenvalue weighted by molar-refractivity contribution is 0.138. The van der Waals surface area contributed by atoms with Gasteiger partial charge >= 0.3 is 0 Å². The van der Waals surface area contributed by atoms with Crippen LogP contribution in [0.1, 0.15) is 31.2 Å². The number of ether oxygens (including phenoxy) is 1. The standard InChI is InChI=1S/C18H20F2N2O3S/c1-12-2-9-18(21-11-12)25-14-5-3-13(4-6-14)22-26(23,24)15-7-8-16(19)17(20)10-15/h2,7-11,13-14,22H,3-6H2,1H3. The molecule has 1 aromatic heterocycles. The molecule has 0 aliphatic heterocycles. The summed E-state index contributed by atoms with van der Waals surface area (Å²) in [5.41, 5.74) is 1.05. The number of pyridine rings is 1. The number of nitrogens with zero attached hydrogens (tertiary/aromatic N) is 1. The average Bonchev–Trinajstić information content (AvgIpc) is 2.61. The lowest BCUT2D eigenvalue weighted by atomic mass is 9.94. The van der Waals surface area contributed by atoms with Gasteiger partial charge in [0.2, 0.25) is 15.9 Å². The molecule has 1 aliphatic rings. The lowest BCUT2D eigenvalue weighted by Crippen LogP contribution is -2.39. The van der Waals surface area contributed by atoms with E-state index in [9.17, 15) is 17.2 Å². The fraction of sp³-hybridized carbons (Fsp3) is 0.389. The first-order valence-electron chi connectivity index (χ1n) is 8.40. The maximum Gasteiger partial charge on any atom is 0.240 e. The van der Waals surface area contributed by atoms with E-state index < -0.39 is 21.7 Å². The number of rotatable bonds is 5. The molecule has 26 heavy (non-hydrogen) atoms. The molecule has 0 spiro atoms. The molecule has 1 N–H and O–H groups in total. The van der Waals surface area contributed by atoms with E-state index in [0.717, 1.165) is 17.7 Å². The van der Waals surface area contributed by atoms with Crippen molar-refractivity contribution in [2.24, 2.45) is 0 Å². The quantitative estimate of drug-likeness (QED) is 0.861. The zero-order valence-corrected chi connectivity index (χ0v) is 15.1. The fourth-order valence-electron chi connectivity index (χ4n) is 2.92. The third-order valence-corrected chi connectivity index (χ3v) is 5.89. The van der Waals surface area contributed by atoms with Gasteiger partial charge in [-0.1, -0.05) is 6.07 Å². The van der Waals surface area contributed by atoms with Crippen LogP contribution in [-0.4, -0.2) is 25.5 Å². The molecule has 2 aromatic rings. The predicted molar refractivity (Wildman–Crippen MR) is 92.3 cm³/mol. The van der Waals surface area contributed by atoms with Gasteiger partial charge in [0.05, 0.1) is 4.90 Å². The molecule has 1 aromatic carbocycles. The summed E-state index contributed by atoms with van der Waals surface area (Å²) in [5, 5.41) is 0. The van der Waals surface area contributed by atoms with Gasteiger partial charge in [0.15, 0.2) is 11.6 Å². The Labute approximate surface area is 151 Å². The molecular formula is C18H20F2N2O3S. The van der Waals surface area contributed by atoms with Crippen LogP contribution in [0, 0.1) is 18.6 Å². The molecule has 1 fully saturated rings. The summed E-state index contributed by atoms with van der Waals surface area (Å²) >= 11 is 0. The van der Waals surface area contributed by atoms with Crippen molar-refractivity contribution in [2.45, 2.75) is 49.6 Å². The molecule has 0 bridgehead atoms. The van der Waals surface area contributed by atoms with Crippen molar-refractivity contribution >= 4 is 10.0 Å². The highest BCUT2D eigenvalue weighted by atomic mass is 32.2. The van der Waals surface area contributed by atoms with Crippen LogP contribution in [0.2, 0.25) is 0 Å². The number of hydrogen-bond donors (Lipinski definition) is 1. The summed E-state index contributed by atoms with van der Waals surface area (Å²) in [7, 11) is -3.89. The number of halogens is 2. The van der Waals surface area contributed by atoms with Crippen LogP contribution in [-0.2, 0) is 10.0 Å². The minimum Gasteiger partial charge on any atom is -0.474 e. The van der Waals surface area contributed by atoms with E-state index in [4.69, 9.17) is 4.74 Å². The van der Waals surface area contributed by atoms with Crippen molar-refractivity contribution in [1.29, 1.82) is 0 Å². The van der Waals surface area contributed by atoms with Crippen LogP contribution in [0.5, 0.6) is 5.88 Å². The molecule has 0 saturated heterocycles. The van der Waals surface area contributed by atoms with Crippen molar-refractivity contribution in [1.82, 2.24) is 9.71 Å². The number of aromatic nitrogens is 1. The molecule has 0 unspecified atom stereocenters. The zero-order valence-electron chi connectivity index (χ0n) is 14.3. The van der Waals surface area contributed by atoms with E-state index in [1.807, 2.05) is 19.1 Å². The Morgan fingerprint density at radius 1 is 1.08 bits per heavy atom. The molecule has 0 amide bonds. The largest absolute Gasteiger partial charge is 0.474 e. The van der Waals surface area contributed by atoms with Gasteiger partial charge in [-0.2, -0.15) is 0 Å². The van der Waals surface area contributed by atoms with Crippen molar-refractivity contribution in [3.63, 3.8) is 0 Å². The minimum absolute atomic E-state index is 0.0192. The van der Waals surface area contributed by atoms with E-state index in [-0.39, 0.29) is 17.0 Å². The Kier molecular flexibility index (Phi) is 5.52. The Morgan fingerprint density at radius 3 is 2.42 bits per heavy atom. The van der Waals surface area contributed by atoms with Gasteiger partial charge in [-0.25, -0.2) is 26.9 Å². The van der Waals surface area contributed by atoms with Crippen LogP contribution < -0.4 is 9.46 Å². The molecule has 8 heteroatoms. The van der Waals surface area contributed by atoms with Crippen LogP contribution >= 0.6 is 0 Å². The van der Waals surface area contributed by atoms with Crippen LogP contribution in [0.25, 0.3) is 0 Å². The summed E-state index contributed by atoms with van der Waals surface area (Å²) in [6, 6.07) is 6.02. The van der Waals surface area contributed by atoms with Gasteiger partial charge < -0.3 is 4.74 Å². The number of benzene rings is 1. The van der Waals surface area contributed by atoms with E-state index in [2.05, 4.69) is 9.71 Å². The van der Waals surface area contributed by atoms with Gasteiger partial charge in [-0.15, -0.1) is 0 Å². The van der Waals surface area contributed by atoms with Gasteiger partial charge in [-0.05, 0) is 56.4 Å². The fourth-order valence-corrected chi connectivity index (χ4v) is 4.24. The summed E-state index contributed by atoms with van der Waals surface area (Å²) in [6.45, 7) is 1.95. The molecule has 1 aliphatic carbocycles. The molecule has 0 atom stereocenters. The summed E-state index contributed by atoms with van der Waals surface area (Å²) in [5.74, 6) is -1.71. The van der Waals surface area contributed by atoms with Crippen LogP contribution in [0.15, 0.2) is 41.4 Å². The van der Waals surface area contributed by atoms with Crippen molar-refractivity contribution in [2.75, 3.05) is 0 Å². The molecule has 1 heterocycles. The highest BCUT2D eigenvalue weighted by Gasteiger charge is 2.27. The van der Waals surface area contributed by atoms with Crippen molar-refractivity contribution < 1.29 is 21.9 Å². The Morgan fingerprint density at radius 2 is 1.81 bits per heavy atom. The van der Waals surface area contributed by atoms with Crippen LogP contribution in [0.4, 0.5) is 8.78 Å². The van der Waals surface area contributed by atoms with Crippen molar-refractivity contribution in [3.8, 4) is 5.88 Å². The second-order valence-corrected chi connectivity index (χ2v) is 8.18. The van der Waals surface area contributed by atoms with E-state index in [1.54, 1.807) is 6.20 Å². The molecule has 140 valence electrons. The Balaban J connectivity index is 1.56. The molecule has 5 nitrogen and oxygen atoms in total. The maximum atomic E-state index is 13.3. The predicted octanol–water partition coefficient (Wildman–Crippen LogP) is 3.34. The summed E-state index contributed by atoms with van der Waals surface area (Å²) in [6.07, 6.45) is 4.27. The smallest absolute Gasteiger partial charge is 0.240 e. The summed E-state index contributed by atoms with van der Waals surface area (Å²) in [4.78, 5) is 3.93. The third-order valence-electron chi connectivity index (χ3n) is 4.37. The van der Waals surface area contributed by atoms with Gasteiger partial charge in [-0.3, -0.25) is 0 Å². The number of nitrogens with one attached hydrogen (secondary N) is 1. The molecule has 1 saturated carbocycles. The van der Waals surface area contributed by atoms with Crippen LogP contribution in [0.3, 0.4) is 0 Å². The molecular weight excluding hydrogens is 362 g/mol. The average molecular weight is 382 g/mol. The Bertz CT molecular complexity index is 865. The lowest BCUT2D eigenvalue weighted by Gasteiger charge is -2.29. The number of hydrogen-bond acceptors (Lipinski definition) is 4. The first-order chi connectivity index (χ1) is 12.3. The Hall–Kier alpha value is -2.06. The third kappa shape index (κ3) is 4.56. The van der Waals surface area contributed by atoms with E-state index >= 15 is 0 Å². The topological polar surface area (TPSA) is 68.3 Å². The first-order valence-corrected chi connectivity index (χ1v) is 9.88. The van der Waals surface area contributed by atoms with E-state index in [1.165, 1.54) is 0 Å². The maximum absolute atomic E-state index is 13.3. The second-order valence-electron chi connectivity index (χ2n) is 6.46. The second kappa shape index (κ2) is 7.67. The minimum atomic E-state index is -3.89.